The minimum atomic E-state index is 0.712. The lowest BCUT2D eigenvalue weighted by molar-refractivity contribution is 0.243. The van der Waals surface area contributed by atoms with E-state index < -0.39 is 0 Å². The average Bonchev–Trinajstić information content (AvgIpc) is 2.73. The van der Waals surface area contributed by atoms with Gasteiger partial charge < -0.3 is 4.90 Å². The molecule has 1 aromatic heterocycles. The first-order chi connectivity index (χ1) is 7.68. The number of nitrogens with zero attached hydrogens (tertiary/aromatic N) is 2. The number of hydrogen-bond donors (Lipinski definition) is 0. The number of piperidine rings is 1. The van der Waals surface area contributed by atoms with E-state index in [9.17, 15) is 0 Å². The third-order valence-corrected chi connectivity index (χ3v) is 4.36. The van der Waals surface area contributed by atoms with Crippen LogP contribution in [0.3, 0.4) is 0 Å². The van der Waals surface area contributed by atoms with Crippen molar-refractivity contribution in [3.63, 3.8) is 0 Å². The second-order valence-corrected chi connectivity index (χ2v) is 5.58. The molecule has 0 aromatic carbocycles. The van der Waals surface area contributed by atoms with Gasteiger partial charge in [-0.15, -0.1) is 0 Å². The summed E-state index contributed by atoms with van der Waals surface area (Å²) < 4.78 is 0. The molecule has 1 saturated carbocycles. The van der Waals surface area contributed by atoms with Gasteiger partial charge in [0.2, 0.25) is 0 Å². The van der Waals surface area contributed by atoms with Crippen molar-refractivity contribution in [1.29, 1.82) is 0 Å². The minimum absolute atomic E-state index is 0.712. The van der Waals surface area contributed by atoms with E-state index in [1.54, 1.807) is 0 Å². The molecular weight excluding hydrogens is 196 g/mol. The molecule has 2 nitrogen and oxygen atoms in total. The highest BCUT2D eigenvalue weighted by Crippen LogP contribution is 2.58. The van der Waals surface area contributed by atoms with Crippen molar-refractivity contribution in [3.05, 3.63) is 29.6 Å². The third kappa shape index (κ3) is 1.47. The van der Waals surface area contributed by atoms with E-state index in [0.29, 0.717) is 6.04 Å². The standard InChI is InChI=1S/C14H20N2/c1-9(2)16-7-12-13(8-16)14(12)11-5-4-6-15-10(11)3/h4-6,9,12-14H,7-8H2,1-3H3. The van der Waals surface area contributed by atoms with Gasteiger partial charge in [-0.25, -0.2) is 0 Å². The van der Waals surface area contributed by atoms with Gasteiger partial charge >= 0.3 is 0 Å². The van der Waals surface area contributed by atoms with Crippen molar-refractivity contribution in [1.82, 2.24) is 9.88 Å². The number of aryl methyl sites for hydroxylation is 1. The van der Waals surface area contributed by atoms with Crippen LogP contribution in [0.15, 0.2) is 18.3 Å². The van der Waals surface area contributed by atoms with Crippen LogP contribution in [0.1, 0.15) is 31.0 Å². The zero-order valence-corrected chi connectivity index (χ0v) is 10.4. The van der Waals surface area contributed by atoms with Gasteiger partial charge in [0.05, 0.1) is 0 Å². The third-order valence-electron chi connectivity index (χ3n) is 4.36. The van der Waals surface area contributed by atoms with Crippen molar-refractivity contribution in [2.24, 2.45) is 11.8 Å². The minimum Gasteiger partial charge on any atom is -0.300 e. The van der Waals surface area contributed by atoms with E-state index in [1.807, 2.05) is 6.20 Å². The molecule has 0 amide bonds. The summed E-state index contributed by atoms with van der Waals surface area (Å²) in [6, 6.07) is 5.06. The molecule has 0 spiro atoms. The fourth-order valence-electron chi connectivity index (χ4n) is 3.29. The Bertz CT molecular complexity index is 387. The number of aromatic nitrogens is 1. The van der Waals surface area contributed by atoms with Gasteiger partial charge in [0.25, 0.3) is 0 Å². The molecule has 0 N–H and O–H groups in total. The smallest absolute Gasteiger partial charge is 0.0407 e. The number of pyridine rings is 1. The second-order valence-electron chi connectivity index (χ2n) is 5.58. The van der Waals surface area contributed by atoms with Crippen LogP contribution in [0, 0.1) is 18.8 Å². The van der Waals surface area contributed by atoms with Crippen LogP contribution in [0.5, 0.6) is 0 Å². The maximum atomic E-state index is 4.41. The van der Waals surface area contributed by atoms with Gasteiger partial charge in [-0.05, 0) is 50.2 Å². The lowest BCUT2D eigenvalue weighted by Gasteiger charge is -2.23. The van der Waals surface area contributed by atoms with Crippen molar-refractivity contribution < 1.29 is 0 Å². The topological polar surface area (TPSA) is 16.1 Å². The van der Waals surface area contributed by atoms with E-state index in [4.69, 9.17) is 0 Å². The molecule has 2 unspecified atom stereocenters. The SMILES string of the molecule is Cc1ncccc1C1C2CN(C(C)C)CC21. The lowest BCUT2D eigenvalue weighted by atomic mass is 10.1. The Morgan fingerprint density at radius 1 is 1.31 bits per heavy atom. The van der Waals surface area contributed by atoms with Gasteiger partial charge in [-0.3, -0.25) is 4.98 Å². The highest BCUT2D eigenvalue weighted by atomic mass is 15.2. The van der Waals surface area contributed by atoms with E-state index in [-0.39, 0.29) is 0 Å². The van der Waals surface area contributed by atoms with Crippen LogP contribution < -0.4 is 0 Å². The highest BCUT2D eigenvalue weighted by Gasteiger charge is 2.56. The molecule has 2 heterocycles. The maximum Gasteiger partial charge on any atom is 0.0407 e. The van der Waals surface area contributed by atoms with Crippen molar-refractivity contribution in [2.75, 3.05) is 13.1 Å². The van der Waals surface area contributed by atoms with Gasteiger partial charge in [0.1, 0.15) is 0 Å². The quantitative estimate of drug-likeness (QED) is 0.755. The molecule has 2 aliphatic rings. The zero-order valence-electron chi connectivity index (χ0n) is 10.4. The van der Waals surface area contributed by atoms with Crippen LogP contribution in [0.25, 0.3) is 0 Å². The van der Waals surface area contributed by atoms with E-state index in [1.165, 1.54) is 24.3 Å². The summed E-state index contributed by atoms with van der Waals surface area (Å²) in [6.45, 7) is 9.33. The van der Waals surface area contributed by atoms with Crippen LogP contribution in [-0.4, -0.2) is 29.0 Å². The second kappa shape index (κ2) is 3.56. The molecule has 2 atom stereocenters. The summed E-state index contributed by atoms with van der Waals surface area (Å²) in [5.74, 6) is 2.62. The molecule has 1 aromatic rings. The van der Waals surface area contributed by atoms with Gasteiger partial charge in [0.15, 0.2) is 0 Å². The van der Waals surface area contributed by atoms with E-state index in [0.717, 1.165) is 17.8 Å². The molecule has 0 bridgehead atoms. The highest BCUT2D eigenvalue weighted by molar-refractivity contribution is 5.33. The Hall–Kier alpha value is -0.890. The lowest BCUT2D eigenvalue weighted by Crippen LogP contribution is -2.31. The van der Waals surface area contributed by atoms with Crippen LogP contribution >= 0.6 is 0 Å². The zero-order chi connectivity index (χ0) is 11.3. The first-order valence-corrected chi connectivity index (χ1v) is 6.34. The van der Waals surface area contributed by atoms with Crippen LogP contribution in [0.4, 0.5) is 0 Å². The Balaban J connectivity index is 1.73. The predicted octanol–water partition coefficient (Wildman–Crippen LogP) is 2.44. The first kappa shape index (κ1) is 10.3. The predicted molar refractivity (Wildman–Crippen MR) is 65.4 cm³/mol. The molecule has 16 heavy (non-hydrogen) atoms. The number of fused-ring (bicyclic) bond motifs is 1. The summed E-state index contributed by atoms with van der Waals surface area (Å²) in [5.41, 5.74) is 2.74. The molecule has 86 valence electrons. The van der Waals surface area contributed by atoms with Gasteiger partial charge in [-0.2, -0.15) is 0 Å². The summed E-state index contributed by atoms with van der Waals surface area (Å²) in [6.07, 6.45) is 1.90. The van der Waals surface area contributed by atoms with Crippen molar-refractivity contribution in [2.45, 2.75) is 32.7 Å². The first-order valence-electron chi connectivity index (χ1n) is 6.34. The largest absolute Gasteiger partial charge is 0.300 e. The normalized spacial score (nSPS) is 33.1. The summed E-state index contributed by atoms with van der Waals surface area (Å²) >= 11 is 0. The molecule has 2 heteroatoms. The molecule has 0 radical (unpaired) electrons. The molecular formula is C14H20N2. The summed E-state index contributed by atoms with van der Waals surface area (Å²) in [7, 11) is 0. The Kier molecular flexibility index (Phi) is 2.28. The van der Waals surface area contributed by atoms with Crippen LogP contribution in [-0.2, 0) is 0 Å². The van der Waals surface area contributed by atoms with Crippen LogP contribution in [0.2, 0.25) is 0 Å². The number of likely N-dealkylation sites (tertiary alicyclic amines) is 1. The monoisotopic (exact) mass is 216 g/mol. The molecule has 1 aliphatic carbocycles. The number of hydrogen-bond acceptors (Lipinski definition) is 2. The maximum absolute atomic E-state index is 4.41. The number of rotatable bonds is 2. The molecule has 2 fully saturated rings. The molecule has 1 saturated heterocycles. The Morgan fingerprint density at radius 2 is 2.00 bits per heavy atom. The van der Waals surface area contributed by atoms with Gasteiger partial charge in [0, 0.05) is 31.0 Å². The summed E-state index contributed by atoms with van der Waals surface area (Å²) in [5, 5.41) is 0. The van der Waals surface area contributed by atoms with Gasteiger partial charge in [-0.1, -0.05) is 6.07 Å². The average molecular weight is 216 g/mol. The van der Waals surface area contributed by atoms with Crippen molar-refractivity contribution >= 4 is 0 Å². The molecule has 3 rings (SSSR count). The van der Waals surface area contributed by atoms with E-state index >= 15 is 0 Å². The fourth-order valence-corrected chi connectivity index (χ4v) is 3.29. The fraction of sp³-hybridized carbons (Fsp3) is 0.643. The molecule has 1 aliphatic heterocycles. The Morgan fingerprint density at radius 3 is 2.56 bits per heavy atom. The summed E-state index contributed by atoms with van der Waals surface area (Å²) in [4.78, 5) is 7.02. The van der Waals surface area contributed by atoms with Crippen molar-refractivity contribution in [3.8, 4) is 0 Å². The van der Waals surface area contributed by atoms with E-state index in [2.05, 4.69) is 42.8 Å². The Labute approximate surface area is 97.7 Å².